The second kappa shape index (κ2) is 7.11. The largest absolute Gasteiger partial charge is 0.394 e. The van der Waals surface area contributed by atoms with E-state index in [1.807, 2.05) is 0 Å². The van der Waals surface area contributed by atoms with Crippen LogP contribution in [-0.2, 0) is 14.3 Å². The van der Waals surface area contributed by atoms with E-state index in [4.69, 9.17) is 9.47 Å². The van der Waals surface area contributed by atoms with Crippen LogP contribution in [0.5, 0.6) is 0 Å². The molecule has 11 nitrogen and oxygen atoms in total. The molecular formula is C15H21N5O6. The number of nitrogens with one attached hydrogen (secondary N) is 2. The summed E-state index contributed by atoms with van der Waals surface area (Å²) in [6.07, 6.45) is -2.24. The van der Waals surface area contributed by atoms with Gasteiger partial charge in [0.1, 0.15) is 18.3 Å². The van der Waals surface area contributed by atoms with Crippen molar-refractivity contribution in [2.45, 2.75) is 38.4 Å². The van der Waals surface area contributed by atoms with Gasteiger partial charge in [-0.3, -0.25) is 24.5 Å². The number of anilines is 1. The minimum atomic E-state index is -1.11. The van der Waals surface area contributed by atoms with Crippen LogP contribution in [0.1, 0.15) is 20.1 Å². The fourth-order valence-corrected chi connectivity index (χ4v) is 2.82. The van der Waals surface area contributed by atoms with E-state index < -0.39 is 30.1 Å². The van der Waals surface area contributed by atoms with Crippen LogP contribution in [0.25, 0.3) is 11.2 Å². The van der Waals surface area contributed by atoms with Crippen molar-refractivity contribution >= 4 is 23.0 Å². The predicted molar refractivity (Wildman–Crippen MR) is 89.4 cm³/mol. The maximum atomic E-state index is 12.2. The van der Waals surface area contributed by atoms with Crippen molar-refractivity contribution in [2.24, 2.45) is 5.92 Å². The van der Waals surface area contributed by atoms with Gasteiger partial charge in [-0.1, -0.05) is 13.8 Å². The van der Waals surface area contributed by atoms with Gasteiger partial charge in [-0.25, -0.2) is 4.98 Å². The van der Waals surface area contributed by atoms with E-state index in [1.165, 1.54) is 18.0 Å². The van der Waals surface area contributed by atoms with Crippen molar-refractivity contribution in [3.8, 4) is 0 Å². The maximum Gasteiger partial charge on any atom is 0.280 e. The summed E-state index contributed by atoms with van der Waals surface area (Å²) < 4.78 is 12.2. The lowest BCUT2D eigenvalue weighted by Crippen LogP contribution is -2.35. The Kier molecular flexibility index (Phi) is 5.05. The van der Waals surface area contributed by atoms with Crippen LogP contribution < -0.4 is 10.9 Å². The van der Waals surface area contributed by atoms with Crippen molar-refractivity contribution in [1.29, 1.82) is 0 Å². The van der Waals surface area contributed by atoms with Gasteiger partial charge in [0, 0.05) is 13.0 Å². The Bertz CT molecular complexity index is 862. The number of nitrogens with zero attached hydrogens (tertiary/aromatic N) is 3. The standard InChI is InChI=1S/C15H21N5O6/c1-6(2)12(23)18-15-17-11-8(13(24)19-15)16-5-20(11)14-9(22)10(25-3)7(4-21)26-14/h5-7,9-10,14,21-22H,4H2,1-3H3,(H2,17,18,19,23,24)/t7-,9-,10+,14-/m1/s1. The van der Waals surface area contributed by atoms with Crippen LogP contribution in [0.15, 0.2) is 11.1 Å². The van der Waals surface area contributed by atoms with E-state index >= 15 is 0 Å². The zero-order valence-corrected chi connectivity index (χ0v) is 14.5. The quantitative estimate of drug-likeness (QED) is 0.524. The Morgan fingerprint density at radius 1 is 1.54 bits per heavy atom. The second-order valence-corrected chi connectivity index (χ2v) is 6.32. The molecule has 2 aromatic rings. The number of imidazole rings is 1. The van der Waals surface area contributed by atoms with E-state index in [2.05, 4.69) is 20.3 Å². The molecule has 142 valence electrons. The summed E-state index contributed by atoms with van der Waals surface area (Å²) in [6.45, 7) is 3.07. The lowest BCUT2D eigenvalue weighted by Gasteiger charge is -2.18. The van der Waals surface area contributed by atoms with Gasteiger partial charge in [0.25, 0.3) is 5.56 Å². The van der Waals surface area contributed by atoms with Crippen molar-refractivity contribution in [1.82, 2.24) is 19.5 Å². The number of rotatable bonds is 5. The minimum absolute atomic E-state index is 0.0302. The molecular weight excluding hydrogens is 346 g/mol. The molecule has 1 fully saturated rings. The molecule has 0 radical (unpaired) electrons. The van der Waals surface area contributed by atoms with E-state index in [0.717, 1.165) is 0 Å². The number of amides is 1. The Hall–Kier alpha value is -2.34. The molecule has 0 aromatic carbocycles. The van der Waals surface area contributed by atoms with Crippen LogP contribution in [0.3, 0.4) is 0 Å². The number of hydrogen-bond donors (Lipinski definition) is 4. The van der Waals surface area contributed by atoms with Gasteiger partial charge in [-0.05, 0) is 0 Å². The summed E-state index contributed by atoms with van der Waals surface area (Å²) in [5.41, 5.74) is -0.377. The Morgan fingerprint density at radius 2 is 2.27 bits per heavy atom. The summed E-state index contributed by atoms with van der Waals surface area (Å²) in [5.74, 6) is -0.637. The van der Waals surface area contributed by atoms with Gasteiger partial charge < -0.3 is 19.7 Å². The van der Waals surface area contributed by atoms with Gasteiger partial charge in [0.05, 0.1) is 12.9 Å². The smallest absolute Gasteiger partial charge is 0.280 e. The average Bonchev–Trinajstić information content (AvgIpc) is 3.15. The second-order valence-electron chi connectivity index (χ2n) is 6.32. The third-order valence-electron chi connectivity index (χ3n) is 4.23. The number of ether oxygens (including phenoxy) is 2. The molecule has 0 aliphatic carbocycles. The SMILES string of the molecule is CO[C@@H]1[C@@H](O)[C@H](n2cnc3c(=O)[nH]c(NC(=O)C(C)C)nc32)O[C@@H]1CO. The highest BCUT2D eigenvalue weighted by molar-refractivity contribution is 5.91. The van der Waals surface area contributed by atoms with Gasteiger partial charge in [-0.15, -0.1) is 0 Å². The highest BCUT2D eigenvalue weighted by Crippen LogP contribution is 2.32. The van der Waals surface area contributed by atoms with Gasteiger partial charge in [0.15, 0.2) is 17.4 Å². The summed E-state index contributed by atoms with van der Waals surface area (Å²) in [4.78, 5) is 34.7. The summed E-state index contributed by atoms with van der Waals surface area (Å²) in [6, 6.07) is 0. The first kappa shape index (κ1) is 18.5. The molecule has 26 heavy (non-hydrogen) atoms. The van der Waals surface area contributed by atoms with Crippen molar-refractivity contribution in [3.63, 3.8) is 0 Å². The minimum Gasteiger partial charge on any atom is -0.394 e. The molecule has 3 heterocycles. The third kappa shape index (κ3) is 3.09. The molecule has 3 rings (SSSR count). The Balaban J connectivity index is 2.01. The molecule has 1 aliphatic rings. The Morgan fingerprint density at radius 3 is 2.85 bits per heavy atom. The van der Waals surface area contributed by atoms with E-state index in [-0.39, 0.29) is 35.5 Å². The number of H-pyrrole nitrogens is 1. The van der Waals surface area contributed by atoms with Gasteiger partial charge >= 0.3 is 0 Å². The topological polar surface area (TPSA) is 152 Å². The number of methoxy groups -OCH3 is 1. The van der Waals surface area contributed by atoms with Gasteiger partial charge in [-0.2, -0.15) is 4.98 Å². The van der Waals surface area contributed by atoms with Crippen LogP contribution >= 0.6 is 0 Å². The number of aliphatic hydroxyl groups is 2. The van der Waals surface area contributed by atoms with Crippen LogP contribution in [0, 0.1) is 5.92 Å². The molecule has 4 N–H and O–H groups in total. The molecule has 1 amide bonds. The molecule has 1 aliphatic heterocycles. The normalized spacial score (nSPS) is 25.9. The van der Waals surface area contributed by atoms with Crippen LogP contribution in [0.2, 0.25) is 0 Å². The lowest BCUT2D eigenvalue weighted by atomic mass is 10.1. The van der Waals surface area contributed by atoms with Gasteiger partial charge in [0.2, 0.25) is 11.9 Å². The molecule has 4 atom stereocenters. The van der Waals surface area contributed by atoms with Crippen molar-refractivity contribution < 1.29 is 24.5 Å². The van der Waals surface area contributed by atoms with E-state index in [1.54, 1.807) is 13.8 Å². The highest BCUT2D eigenvalue weighted by Gasteiger charge is 2.45. The third-order valence-corrected chi connectivity index (χ3v) is 4.23. The number of fused-ring (bicyclic) bond motifs is 1. The monoisotopic (exact) mass is 367 g/mol. The first-order valence-corrected chi connectivity index (χ1v) is 8.12. The number of hydrogen-bond acceptors (Lipinski definition) is 8. The van der Waals surface area contributed by atoms with Crippen LogP contribution in [0.4, 0.5) is 5.95 Å². The van der Waals surface area contributed by atoms with Crippen molar-refractivity contribution in [3.05, 3.63) is 16.7 Å². The number of aromatic nitrogens is 4. The molecule has 0 unspecified atom stereocenters. The fourth-order valence-electron chi connectivity index (χ4n) is 2.82. The molecule has 11 heteroatoms. The van der Waals surface area contributed by atoms with E-state index in [9.17, 15) is 19.8 Å². The lowest BCUT2D eigenvalue weighted by molar-refractivity contribution is -0.118. The molecule has 2 aromatic heterocycles. The number of aromatic amines is 1. The predicted octanol–water partition coefficient (Wildman–Crippen LogP) is -1.02. The van der Waals surface area contributed by atoms with Crippen LogP contribution in [-0.4, -0.2) is 67.7 Å². The molecule has 0 bridgehead atoms. The Labute approximate surface area is 148 Å². The maximum absolute atomic E-state index is 12.2. The molecule has 1 saturated heterocycles. The number of carbonyl (C=O) groups is 1. The first-order valence-electron chi connectivity index (χ1n) is 8.12. The summed E-state index contributed by atoms with van der Waals surface area (Å²) >= 11 is 0. The number of carbonyl (C=O) groups excluding carboxylic acids is 1. The van der Waals surface area contributed by atoms with E-state index in [0.29, 0.717) is 0 Å². The first-order chi connectivity index (χ1) is 12.4. The summed E-state index contributed by atoms with van der Waals surface area (Å²) in [5, 5.41) is 22.4. The average molecular weight is 367 g/mol. The zero-order chi connectivity index (χ0) is 19.0. The van der Waals surface area contributed by atoms with Crippen molar-refractivity contribution in [2.75, 3.05) is 19.0 Å². The molecule has 0 spiro atoms. The molecule has 0 saturated carbocycles. The fraction of sp³-hybridized carbons (Fsp3) is 0.600. The highest BCUT2D eigenvalue weighted by atomic mass is 16.6. The summed E-state index contributed by atoms with van der Waals surface area (Å²) in [7, 11) is 1.40. The number of aliphatic hydroxyl groups excluding tert-OH is 2. The zero-order valence-electron chi connectivity index (χ0n) is 14.5.